The Labute approximate surface area is 67.6 Å². The number of unbranched alkanes of at least 4 members (excludes halogenated alkanes) is 3. The first-order valence-corrected chi connectivity index (χ1v) is 3.88. The van der Waals surface area contributed by atoms with Gasteiger partial charge in [0.25, 0.3) is 0 Å². The van der Waals surface area contributed by atoms with Crippen molar-refractivity contribution >= 4 is 5.97 Å². The van der Waals surface area contributed by atoms with Gasteiger partial charge in [-0.15, -0.1) is 11.8 Å². The number of hydrogen-bond acceptors (Lipinski definition) is 1. The molecule has 0 aliphatic rings. The molecule has 0 atom stereocenters. The normalized spacial score (nSPS) is 8.45. The standard InChI is InChI=1S/C9H14O2/c1-2-3-4-5-6-7-8-9(10)11/h4-8H2,1H3,(H,10,11). The van der Waals surface area contributed by atoms with Crippen molar-refractivity contribution in [2.45, 2.75) is 39.0 Å². The molecule has 0 bridgehead atoms. The van der Waals surface area contributed by atoms with Crippen LogP contribution in [0.4, 0.5) is 0 Å². The Bertz CT molecular complexity index is 162. The number of carboxylic acids is 1. The lowest BCUT2D eigenvalue weighted by atomic mass is 10.1. The van der Waals surface area contributed by atoms with Crippen LogP contribution < -0.4 is 0 Å². The van der Waals surface area contributed by atoms with Crippen LogP contribution in [0.15, 0.2) is 0 Å². The van der Waals surface area contributed by atoms with Crippen LogP contribution >= 0.6 is 0 Å². The molecule has 0 saturated carbocycles. The Morgan fingerprint density at radius 3 is 2.64 bits per heavy atom. The molecule has 11 heavy (non-hydrogen) atoms. The van der Waals surface area contributed by atoms with Gasteiger partial charge in [0.2, 0.25) is 0 Å². The number of rotatable bonds is 5. The highest BCUT2D eigenvalue weighted by Gasteiger charge is 1.94. The lowest BCUT2D eigenvalue weighted by Crippen LogP contribution is -1.93. The summed E-state index contributed by atoms with van der Waals surface area (Å²) < 4.78 is 0. The fraction of sp³-hybridized carbons (Fsp3) is 0.667. The van der Waals surface area contributed by atoms with E-state index in [4.69, 9.17) is 5.11 Å². The van der Waals surface area contributed by atoms with Crippen LogP contribution in [0.1, 0.15) is 39.0 Å². The predicted molar refractivity (Wildman–Crippen MR) is 44.2 cm³/mol. The van der Waals surface area contributed by atoms with Gasteiger partial charge in [0, 0.05) is 12.8 Å². The molecule has 0 radical (unpaired) electrons. The molecule has 0 aromatic rings. The average molecular weight is 154 g/mol. The molecule has 0 saturated heterocycles. The lowest BCUT2D eigenvalue weighted by Gasteiger charge is -1.93. The maximum Gasteiger partial charge on any atom is 0.303 e. The van der Waals surface area contributed by atoms with Crippen molar-refractivity contribution in [2.75, 3.05) is 0 Å². The molecule has 0 amide bonds. The summed E-state index contributed by atoms with van der Waals surface area (Å²) in [4.78, 5) is 10.1. The second kappa shape index (κ2) is 7.14. The van der Waals surface area contributed by atoms with E-state index in [1.807, 2.05) is 6.92 Å². The molecule has 1 N–H and O–H groups in total. The molecule has 2 heteroatoms. The third-order valence-corrected chi connectivity index (χ3v) is 1.37. The van der Waals surface area contributed by atoms with E-state index in [9.17, 15) is 4.79 Å². The van der Waals surface area contributed by atoms with Gasteiger partial charge in [0.15, 0.2) is 0 Å². The van der Waals surface area contributed by atoms with Crippen LogP contribution in [0.3, 0.4) is 0 Å². The summed E-state index contributed by atoms with van der Waals surface area (Å²) in [6.45, 7) is 1.82. The number of hydrogen-bond donors (Lipinski definition) is 1. The van der Waals surface area contributed by atoms with E-state index in [-0.39, 0.29) is 0 Å². The summed E-state index contributed by atoms with van der Waals surface area (Å²) in [6, 6.07) is 0. The van der Waals surface area contributed by atoms with Crippen molar-refractivity contribution in [2.24, 2.45) is 0 Å². The molecule has 0 aliphatic heterocycles. The second-order valence-electron chi connectivity index (χ2n) is 2.38. The van der Waals surface area contributed by atoms with Crippen molar-refractivity contribution in [1.82, 2.24) is 0 Å². The summed E-state index contributed by atoms with van der Waals surface area (Å²) in [5, 5.41) is 8.29. The summed E-state index contributed by atoms with van der Waals surface area (Å²) in [5.41, 5.74) is 0. The molecule has 62 valence electrons. The van der Waals surface area contributed by atoms with Gasteiger partial charge in [-0.3, -0.25) is 4.79 Å². The van der Waals surface area contributed by atoms with E-state index in [2.05, 4.69) is 11.8 Å². The fourth-order valence-corrected chi connectivity index (χ4v) is 0.791. The van der Waals surface area contributed by atoms with Crippen molar-refractivity contribution in [3.05, 3.63) is 0 Å². The zero-order valence-corrected chi connectivity index (χ0v) is 6.89. The first kappa shape index (κ1) is 10.0. The van der Waals surface area contributed by atoms with E-state index in [1.54, 1.807) is 0 Å². The lowest BCUT2D eigenvalue weighted by molar-refractivity contribution is -0.137. The summed E-state index contributed by atoms with van der Waals surface area (Å²) in [7, 11) is 0. The quantitative estimate of drug-likeness (QED) is 0.486. The topological polar surface area (TPSA) is 37.3 Å². The van der Waals surface area contributed by atoms with Gasteiger partial charge in [-0.2, -0.15) is 0 Å². The highest BCUT2D eigenvalue weighted by atomic mass is 16.4. The minimum atomic E-state index is -0.702. The molecule has 0 fully saturated rings. The zero-order valence-electron chi connectivity index (χ0n) is 6.89. The molecule has 0 aliphatic carbocycles. The second-order valence-corrected chi connectivity index (χ2v) is 2.38. The van der Waals surface area contributed by atoms with Crippen molar-refractivity contribution in [1.29, 1.82) is 0 Å². The molecule has 2 nitrogen and oxygen atoms in total. The number of aliphatic carboxylic acids is 1. The van der Waals surface area contributed by atoms with Crippen molar-refractivity contribution in [3.8, 4) is 11.8 Å². The van der Waals surface area contributed by atoms with E-state index in [0.717, 1.165) is 25.7 Å². The highest BCUT2D eigenvalue weighted by molar-refractivity contribution is 5.66. The van der Waals surface area contributed by atoms with Crippen molar-refractivity contribution < 1.29 is 9.90 Å². The highest BCUT2D eigenvalue weighted by Crippen LogP contribution is 2.01. The largest absolute Gasteiger partial charge is 0.481 e. The zero-order chi connectivity index (χ0) is 8.53. The maximum absolute atomic E-state index is 10.1. The SMILES string of the molecule is CC#CCCCCCC(=O)O. The summed E-state index contributed by atoms with van der Waals surface area (Å²) in [6.07, 6.45) is 3.96. The predicted octanol–water partition coefficient (Wildman–Crippen LogP) is 2.04. The Balaban J connectivity index is 3.00. The Hall–Kier alpha value is -0.970. The first-order chi connectivity index (χ1) is 5.27. The van der Waals surface area contributed by atoms with Gasteiger partial charge >= 0.3 is 5.97 Å². The summed E-state index contributed by atoms with van der Waals surface area (Å²) in [5.74, 6) is 5.04. The van der Waals surface area contributed by atoms with E-state index < -0.39 is 5.97 Å². The van der Waals surface area contributed by atoms with Crippen LogP contribution in [-0.2, 0) is 4.79 Å². The maximum atomic E-state index is 10.1. The smallest absolute Gasteiger partial charge is 0.303 e. The molecule has 0 rings (SSSR count). The van der Waals surface area contributed by atoms with E-state index >= 15 is 0 Å². The summed E-state index contributed by atoms with van der Waals surface area (Å²) >= 11 is 0. The van der Waals surface area contributed by atoms with Gasteiger partial charge in [-0.1, -0.05) is 6.42 Å². The van der Waals surface area contributed by atoms with Crippen LogP contribution in [0.2, 0.25) is 0 Å². The van der Waals surface area contributed by atoms with Gasteiger partial charge in [-0.25, -0.2) is 0 Å². The molecule has 0 aromatic carbocycles. The van der Waals surface area contributed by atoms with E-state index in [1.165, 1.54) is 0 Å². The minimum Gasteiger partial charge on any atom is -0.481 e. The van der Waals surface area contributed by atoms with Crippen LogP contribution in [0.5, 0.6) is 0 Å². The van der Waals surface area contributed by atoms with Gasteiger partial charge in [0.1, 0.15) is 0 Å². The Morgan fingerprint density at radius 1 is 1.36 bits per heavy atom. The first-order valence-electron chi connectivity index (χ1n) is 3.88. The third-order valence-electron chi connectivity index (χ3n) is 1.37. The molecule has 0 unspecified atom stereocenters. The number of carbonyl (C=O) groups is 1. The van der Waals surface area contributed by atoms with Gasteiger partial charge < -0.3 is 5.11 Å². The molecule has 0 spiro atoms. The van der Waals surface area contributed by atoms with Gasteiger partial charge in [0.05, 0.1) is 0 Å². The van der Waals surface area contributed by atoms with Crippen LogP contribution in [-0.4, -0.2) is 11.1 Å². The third kappa shape index (κ3) is 9.03. The Morgan fingerprint density at radius 2 is 2.09 bits per heavy atom. The monoisotopic (exact) mass is 154 g/mol. The minimum absolute atomic E-state index is 0.291. The van der Waals surface area contributed by atoms with Crippen LogP contribution in [0, 0.1) is 11.8 Å². The molecular weight excluding hydrogens is 140 g/mol. The van der Waals surface area contributed by atoms with Crippen LogP contribution in [0.25, 0.3) is 0 Å². The number of carboxylic acid groups (broad SMARTS) is 1. The molecule has 0 aromatic heterocycles. The van der Waals surface area contributed by atoms with Crippen molar-refractivity contribution in [3.63, 3.8) is 0 Å². The van der Waals surface area contributed by atoms with E-state index in [0.29, 0.717) is 6.42 Å². The molecular formula is C9H14O2. The van der Waals surface area contributed by atoms with Gasteiger partial charge in [-0.05, 0) is 19.8 Å². The molecule has 0 heterocycles. The average Bonchev–Trinajstić information content (AvgIpc) is 1.96. The fourth-order valence-electron chi connectivity index (χ4n) is 0.791. The Kier molecular flexibility index (Phi) is 6.51.